The monoisotopic (exact) mass is 262 g/mol. The zero-order valence-corrected chi connectivity index (χ0v) is 11.8. The van der Waals surface area contributed by atoms with E-state index in [-0.39, 0.29) is 12.7 Å². The Balaban J connectivity index is 3.10. The van der Waals surface area contributed by atoms with Gasteiger partial charge in [-0.15, -0.1) is 0 Å². The summed E-state index contributed by atoms with van der Waals surface area (Å²) in [5.41, 5.74) is 0. The molecule has 0 aliphatic rings. The first kappa shape index (κ1) is 17.8. The highest BCUT2D eigenvalue weighted by molar-refractivity contribution is 4.55. The number of aliphatic hydroxyl groups excluding tert-OH is 2. The van der Waals surface area contributed by atoms with Crippen molar-refractivity contribution in [2.24, 2.45) is 0 Å². The lowest BCUT2D eigenvalue weighted by molar-refractivity contribution is -0.00465. The summed E-state index contributed by atoms with van der Waals surface area (Å²) in [5.74, 6) is 0. The second-order valence-corrected chi connectivity index (χ2v) is 4.62. The minimum atomic E-state index is -0.353. The topological polar surface area (TPSA) is 58.9 Å². The van der Waals surface area contributed by atoms with Crippen LogP contribution in [0.5, 0.6) is 0 Å². The fourth-order valence-electron chi connectivity index (χ4n) is 1.75. The van der Waals surface area contributed by atoms with Crippen molar-refractivity contribution in [3.05, 3.63) is 0 Å². The van der Waals surface area contributed by atoms with E-state index < -0.39 is 0 Å². The number of ether oxygens (including phenoxy) is 2. The van der Waals surface area contributed by atoms with E-state index in [2.05, 4.69) is 6.92 Å². The molecule has 4 heteroatoms. The molecule has 0 radical (unpaired) electrons. The van der Waals surface area contributed by atoms with Crippen molar-refractivity contribution in [2.75, 3.05) is 33.0 Å². The Morgan fingerprint density at radius 3 is 2.28 bits per heavy atom. The van der Waals surface area contributed by atoms with Gasteiger partial charge < -0.3 is 19.7 Å². The first-order chi connectivity index (χ1) is 8.81. The highest BCUT2D eigenvalue weighted by Gasteiger charge is 2.03. The molecule has 0 aromatic heterocycles. The maximum Gasteiger partial charge on any atom is 0.0773 e. The second-order valence-electron chi connectivity index (χ2n) is 4.62. The van der Waals surface area contributed by atoms with Gasteiger partial charge >= 0.3 is 0 Å². The maximum atomic E-state index is 9.65. The lowest BCUT2D eigenvalue weighted by Crippen LogP contribution is -2.17. The SMILES string of the molecule is CCCCCCCCC(O)COCCOCCO. The van der Waals surface area contributed by atoms with E-state index >= 15 is 0 Å². The molecule has 0 bridgehead atoms. The van der Waals surface area contributed by atoms with Gasteiger partial charge in [0, 0.05) is 0 Å². The molecule has 0 heterocycles. The Bertz CT molecular complexity index is 137. The lowest BCUT2D eigenvalue weighted by atomic mass is 10.1. The predicted molar refractivity (Wildman–Crippen MR) is 72.7 cm³/mol. The van der Waals surface area contributed by atoms with E-state index in [0.717, 1.165) is 12.8 Å². The van der Waals surface area contributed by atoms with Crippen LogP contribution in [0.25, 0.3) is 0 Å². The smallest absolute Gasteiger partial charge is 0.0773 e. The molecule has 0 saturated carbocycles. The van der Waals surface area contributed by atoms with Crippen LogP contribution in [0.4, 0.5) is 0 Å². The van der Waals surface area contributed by atoms with Crippen LogP contribution in [0.2, 0.25) is 0 Å². The molecule has 2 N–H and O–H groups in total. The first-order valence-corrected chi connectivity index (χ1v) is 7.25. The van der Waals surface area contributed by atoms with Gasteiger partial charge in [-0.25, -0.2) is 0 Å². The Morgan fingerprint density at radius 2 is 1.56 bits per heavy atom. The fourth-order valence-corrected chi connectivity index (χ4v) is 1.75. The van der Waals surface area contributed by atoms with Gasteiger partial charge in [0.2, 0.25) is 0 Å². The number of hydrogen-bond donors (Lipinski definition) is 2. The Kier molecular flexibility index (Phi) is 14.8. The molecule has 4 nitrogen and oxygen atoms in total. The molecule has 0 amide bonds. The Morgan fingerprint density at radius 1 is 0.889 bits per heavy atom. The van der Waals surface area contributed by atoms with Crippen molar-refractivity contribution in [3.8, 4) is 0 Å². The highest BCUT2D eigenvalue weighted by Crippen LogP contribution is 2.08. The average molecular weight is 262 g/mol. The number of unbranched alkanes of at least 4 members (excludes halogenated alkanes) is 5. The summed E-state index contributed by atoms with van der Waals surface area (Å²) in [6, 6.07) is 0. The van der Waals surface area contributed by atoms with Crippen LogP contribution in [0.3, 0.4) is 0 Å². The van der Waals surface area contributed by atoms with Crippen molar-refractivity contribution in [3.63, 3.8) is 0 Å². The number of rotatable bonds is 14. The quantitative estimate of drug-likeness (QED) is 0.471. The van der Waals surface area contributed by atoms with Crippen molar-refractivity contribution in [1.82, 2.24) is 0 Å². The van der Waals surface area contributed by atoms with Gasteiger partial charge in [-0.2, -0.15) is 0 Å². The van der Waals surface area contributed by atoms with Crippen LogP contribution < -0.4 is 0 Å². The lowest BCUT2D eigenvalue weighted by Gasteiger charge is -2.11. The summed E-state index contributed by atoms with van der Waals surface area (Å²) < 4.78 is 10.3. The highest BCUT2D eigenvalue weighted by atomic mass is 16.5. The second kappa shape index (κ2) is 14.9. The van der Waals surface area contributed by atoms with Gasteiger partial charge in [0.25, 0.3) is 0 Å². The molecule has 0 rings (SSSR count). The minimum absolute atomic E-state index is 0.0423. The molecule has 1 atom stereocenters. The Hall–Kier alpha value is -0.160. The van der Waals surface area contributed by atoms with E-state index in [1.54, 1.807) is 0 Å². The standard InChI is InChI=1S/C14H30O4/c1-2-3-4-5-6-7-8-14(16)13-18-12-11-17-10-9-15/h14-16H,2-13H2,1H3. The van der Waals surface area contributed by atoms with E-state index in [1.807, 2.05) is 0 Å². The first-order valence-electron chi connectivity index (χ1n) is 7.25. The fraction of sp³-hybridized carbons (Fsp3) is 1.00. The Labute approximate surface area is 111 Å². The van der Waals surface area contributed by atoms with E-state index in [1.165, 1.54) is 32.1 Å². The number of hydrogen-bond acceptors (Lipinski definition) is 4. The third kappa shape index (κ3) is 13.9. The molecule has 0 aromatic rings. The normalized spacial score (nSPS) is 12.8. The molecule has 18 heavy (non-hydrogen) atoms. The van der Waals surface area contributed by atoms with Gasteiger partial charge in [-0.1, -0.05) is 45.4 Å². The van der Waals surface area contributed by atoms with Crippen molar-refractivity contribution in [1.29, 1.82) is 0 Å². The minimum Gasteiger partial charge on any atom is -0.394 e. The van der Waals surface area contributed by atoms with Crippen LogP contribution >= 0.6 is 0 Å². The van der Waals surface area contributed by atoms with Crippen LogP contribution in [-0.2, 0) is 9.47 Å². The van der Waals surface area contributed by atoms with Gasteiger partial charge in [0.1, 0.15) is 0 Å². The molecule has 0 aliphatic heterocycles. The van der Waals surface area contributed by atoms with Gasteiger partial charge in [0.05, 0.1) is 39.1 Å². The molecular weight excluding hydrogens is 232 g/mol. The van der Waals surface area contributed by atoms with Gasteiger partial charge in [0.15, 0.2) is 0 Å². The third-order valence-electron chi connectivity index (χ3n) is 2.81. The number of aliphatic hydroxyl groups is 2. The summed E-state index contributed by atoms with van der Waals surface area (Å²) in [6.45, 7) is 3.95. The third-order valence-corrected chi connectivity index (χ3v) is 2.81. The summed E-state index contributed by atoms with van der Waals surface area (Å²) in [5, 5.41) is 18.1. The van der Waals surface area contributed by atoms with E-state index in [9.17, 15) is 5.11 Å². The zero-order valence-electron chi connectivity index (χ0n) is 11.8. The van der Waals surface area contributed by atoms with Crippen LogP contribution in [0.1, 0.15) is 51.9 Å². The largest absolute Gasteiger partial charge is 0.394 e. The predicted octanol–water partition coefficient (Wildman–Crippen LogP) is 2.12. The molecule has 110 valence electrons. The van der Waals surface area contributed by atoms with Gasteiger partial charge in [-0.05, 0) is 6.42 Å². The van der Waals surface area contributed by atoms with Crippen LogP contribution in [0.15, 0.2) is 0 Å². The molecule has 0 aliphatic carbocycles. The zero-order chi connectivity index (χ0) is 13.5. The van der Waals surface area contributed by atoms with E-state index in [0.29, 0.717) is 26.4 Å². The summed E-state index contributed by atoms with van der Waals surface area (Å²) in [6.07, 6.45) is 7.93. The van der Waals surface area contributed by atoms with Crippen molar-refractivity contribution in [2.45, 2.75) is 58.0 Å². The van der Waals surface area contributed by atoms with Crippen molar-refractivity contribution < 1.29 is 19.7 Å². The molecule has 0 spiro atoms. The molecular formula is C14H30O4. The van der Waals surface area contributed by atoms with E-state index in [4.69, 9.17) is 14.6 Å². The van der Waals surface area contributed by atoms with Gasteiger partial charge in [-0.3, -0.25) is 0 Å². The molecule has 0 saturated heterocycles. The molecule has 0 aromatic carbocycles. The summed E-state index contributed by atoms with van der Waals surface area (Å²) in [4.78, 5) is 0. The molecule has 0 fully saturated rings. The van der Waals surface area contributed by atoms with Crippen LogP contribution in [0, 0.1) is 0 Å². The maximum absolute atomic E-state index is 9.65. The molecule has 1 unspecified atom stereocenters. The van der Waals surface area contributed by atoms with Crippen LogP contribution in [-0.4, -0.2) is 49.4 Å². The van der Waals surface area contributed by atoms with Crippen molar-refractivity contribution >= 4 is 0 Å². The summed E-state index contributed by atoms with van der Waals surface area (Å²) >= 11 is 0. The average Bonchev–Trinajstić information content (AvgIpc) is 2.38. The summed E-state index contributed by atoms with van der Waals surface area (Å²) in [7, 11) is 0.